The van der Waals surface area contributed by atoms with Crippen molar-refractivity contribution in [1.29, 1.82) is 0 Å². The third kappa shape index (κ3) is 6.54. The molecule has 31 heavy (non-hydrogen) atoms. The van der Waals surface area contributed by atoms with Crippen LogP contribution in [0.5, 0.6) is 23.0 Å². The topological polar surface area (TPSA) is 120 Å². The smallest absolute Gasteiger partial charge is 0.322 e. The van der Waals surface area contributed by atoms with Crippen molar-refractivity contribution < 1.29 is 45.5 Å². The van der Waals surface area contributed by atoms with Gasteiger partial charge in [-0.15, -0.1) is 0 Å². The van der Waals surface area contributed by atoms with Gasteiger partial charge in [0.1, 0.15) is 29.5 Å². The van der Waals surface area contributed by atoms with E-state index in [0.29, 0.717) is 5.75 Å². The Kier molecular flexibility index (Phi) is 5.57. The second kappa shape index (κ2) is 10.6. The van der Waals surface area contributed by atoms with E-state index in [1.807, 2.05) is 0 Å². The fourth-order valence-corrected chi connectivity index (χ4v) is 3.48. The van der Waals surface area contributed by atoms with Gasteiger partial charge >= 0.3 is 5.97 Å². The molecule has 0 amide bonds. The molecule has 2 aromatic rings. The summed E-state index contributed by atoms with van der Waals surface area (Å²) in [4.78, 5) is 11.0. The SMILES string of the molecule is [2H]c1c([2H])c(OC([2H])([2H])[2H])c(NCC(=O)O)c([2H])c1CS(=O)(=O)/C=C/c1c(OC)cc(OC)cc1OC. The first-order chi connectivity index (χ1) is 17.1. The molecule has 10 heteroatoms. The van der Waals surface area contributed by atoms with E-state index in [0.717, 1.165) is 5.41 Å². The summed E-state index contributed by atoms with van der Waals surface area (Å²) in [5.41, 5.74) is -0.737. The Hall–Kier alpha value is -3.40. The van der Waals surface area contributed by atoms with Crippen LogP contribution in [0.25, 0.3) is 6.08 Å². The summed E-state index contributed by atoms with van der Waals surface area (Å²) in [5.74, 6) is -2.19. The monoisotopic (exact) mass is 457 g/mol. The molecule has 0 aromatic heterocycles. The molecule has 0 atom stereocenters. The number of anilines is 1. The lowest BCUT2D eigenvalue weighted by molar-refractivity contribution is -0.134. The van der Waals surface area contributed by atoms with E-state index in [-0.39, 0.29) is 17.1 Å². The number of benzene rings is 2. The Morgan fingerprint density at radius 2 is 1.81 bits per heavy atom. The van der Waals surface area contributed by atoms with Gasteiger partial charge in [-0.05, 0) is 23.7 Å². The fourth-order valence-electron chi connectivity index (χ4n) is 2.49. The molecule has 0 aliphatic rings. The van der Waals surface area contributed by atoms with Crippen LogP contribution in [0.3, 0.4) is 0 Å². The molecule has 0 heterocycles. The maximum atomic E-state index is 12.9. The number of carboxylic acids is 1. The lowest BCUT2D eigenvalue weighted by atomic mass is 10.1. The van der Waals surface area contributed by atoms with Crippen LogP contribution in [-0.4, -0.2) is 54.4 Å². The average Bonchev–Trinajstić information content (AvgIpc) is 2.82. The summed E-state index contributed by atoms with van der Waals surface area (Å²) in [6.07, 6.45) is 1.19. The van der Waals surface area contributed by atoms with Crippen molar-refractivity contribution in [1.82, 2.24) is 0 Å². The lowest BCUT2D eigenvalue weighted by Gasteiger charge is -2.13. The highest BCUT2D eigenvalue weighted by Crippen LogP contribution is 2.35. The third-order valence-electron chi connectivity index (χ3n) is 3.89. The predicted molar refractivity (Wildman–Crippen MR) is 117 cm³/mol. The summed E-state index contributed by atoms with van der Waals surface area (Å²) < 4.78 is 92.8. The first kappa shape index (κ1) is 16.3. The summed E-state index contributed by atoms with van der Waals surface area (Å²) in [7, 11) is -3.12. The van der Waals surface area contributed by atoms with Crippen molar-refractivity contribution >= 4 is 27.6 Å². The molecule has 0 spiro atoms. The highest BCUT2D eigenvalue weighted by atomic mass is 32.2. The van der Waals surface area contributed by atoms with Crippen molar-refractivity contribution in [3.05, 3.63) is 46.8 Å². The predicted octanol–water partition coefficient (Wildman–Crippen LogP) is 2.80. The van der Waals surface area contributed by atoms with Crippen LogP contribution in [0.15, 0.2) is 35.7 Å². The minimum atomic E-state index is -4.20. The molecule has 2 aromatic carbocycles. The van der Waals surface area contributed by atoms with Gasteiger partial charge in [-0.25, -0.2) is 8.42 Å². The number of carbonyl (C=O) groups is 1. The highest BCUT2D eigenvalue weighted by molar-refractivity contribution is 7.93. The van der Waals surface area contributed by atoms with Crippen molar-refractivity contribution in [2.45, 2.75) is 5.75 Å². The number of carboxylic acid groups (broad SMARTS) is 1. The molecule has 0 aliphatic heterocycles. The third-order valence-corrected chi connectivity index (χ3v) is 5.13. The Morgan fingerprint density at radius 3 is 2.35 bits per heavy atom. The number of aliphatic carboxylic acids is 1. The molecular formula is C21H25NO8S. The van der Waals surface area contributed by atoms with Gasteiger partial charge in [0.2, 0.25) is 0 Å². The molecule has 0 aliphatic carbocycles. The summed E-state index contributed by atoms with van der Waals surface area (Å²) in [6.45, 7) is -0.789. The molecule has 0 saturated heterocycles. The zero-order valence-corrected chi connectivity index (χ0v) is 17.8. The van der Waals surface area contributed by atoms with E-state index in [4.69, 9.17) is 32.3 Å². The van der Waals surface area contributed by atoms with Gasteiger partial charge in [0.25, 0.3) is 0 Å². The summed E-state index contributed by atoms with van der Waals surface area (Å²) in [6, 6.07) is 0.733. The number of methoxy groups -OCH3 is 4. The molecule has 0 saturated carbocycles. The molecule has 168 valence electrons. The number of hydrogen-bond acceptors (Lipinski definition) is 8. The largest absolute Gasteiger partial charge is 0.496 e. The van der Waals surface area contributed by atoms with Crippen LogP contribution < -0.4 is 24.3 Å². The van der Waals surface area contributed by atoms with Crippen LogP contribution in [0.1, 0.15) is 19.4 Å². The lowest BCUT2D eigenvalue weighted by Crippen LogP contribution is -2.13. The van der Waals surface area contributed by atoms with Gasteiger partial charge < -0.3 is 29.4 Å². The van der Waals surface area contributed by atoms with Crippen molar-refractivity contribution in [2.24, 2.45) is 0 Å². The molecule has 2 rings (SSSR count). The minimum Gasteiger partial charge on any atom is -0.496 e. The Balaban J connectivity index is 2.58. The summed E-state index contributed by atoms with van der Waals surface area (Å²) in [5, 5.41) is 12.1. The van der Waals surface area contributed by atoms with E-state index in [1.54, 1.807) is 0 Å². The van der Waals surface area contributed by atoms with Gasteiger partial charge in [0.05, 0.1) is 53.6 Å². The van der Waals surface area contributed by atoms with Crippen LogP contribution in [-0.2, 0) is 20.4 Å². The fraction of sp³-hybridized carbons (Fsp3) is 0.286. The number of ether oxygens (including phenoxy) is 4. The summed E-state index contributed by atoms with van der Waals surface area (Å²) >= 11 is 0. The van der Waals surface area contributed by atoms with Crippen LogP contribution in [0.2, 0.25) is 0 Å². The quantitative estimate of drug-likeness (QED) is 0.525. The number of rotatable bonds is 11. The molecular weight excluding hydrogens is 426 g/mol. The molecule has 0 unspecified atom stereocenters. The zero-order valence-electron chi connectivity index (χ0n) is 22.9. The van der Waals surface area contributed by atoms with E-state index >= 15 is 0 Å². The average molecular weight is 458 g/mol. The van der Waals surface area contributed by atoms with E-state index in [2.05, 4.69) is 5.32 Å². The van der Waals surface area contributed by atoms with Gasteiger partial charge in [0, 0.05) is 17.5 Å². The van der Waals surface area contributed by atoms with Gasteiger partial charge in [-0.1, -0.05) is 6.04 Å². The minimum absolute atomic E-state index is 0.241. The first-order valence-corrected chi connectivity index (χ1v) is 10.3. The van der Waals surface area contributed by atoms with Gasteiger partial charge in [0.15, 0.2) is 9.84 Å². The Bertz CT molecular complexity index is 1290. The number of nitrogens with one attached hydrogen (secondary N) is 1. The second-order valence-corrected chi connectivity index (χ2v) is 7.85. The second-order valence-electron chi connectivity index (χ2n) is 5.96. The molecule has 2 N–H and O–H groups in total. The van der Waals surface area contributed by atoms with Gasteiger partial charge in [-0.2, -0.15) is 0 Å². The Labute approximate surface area is 189 Å². The maximum Gasteiger partial charge on any atom is 0.322 e. The highest BCUT2D eigenvalue weighted by Gasteiger charge is 2.15. The molecule has 9 nitrogen and oxygen atoms in total. The Morgan fingerprint density at radius 1 is 1.13 bits per heavy atom. The van der Waals surface area contributed by atoms with Crippen molar-refractivity contribution in [3.8, 4) is 23.0 Å². The number of hydrogen-bond donors (Lipinski definition) is 2. The number of sulfone groups is 1. The molecule has 0 bridgehead atoms. The molecule has 0 fully saturated rings. The molecule has 0 radical (unpaired) electrons. The van der Waals surface area contributed by atoms with Crippen LogP contribution in [0, 0.1) is 0 Å². The normalized spacial score (nSPS) is 14.4. The van der Waals surface area contributed by atoms with Gasteiger partial charge in [-0.3, -0.25) is 4.79 Å². The van der Waals surface area contributed by atoms with Crippen LogP contribution in [0.4, 0.5) is 5.69 Å². The van der Waals surface area contributed by atoms with Crippen LogP contribution >= 0.6 is 0 Å². The van der Waals surface area contributed by atoms with E-state index in [9.17, 15) is 13.2 Å². The first-order valence-electron chi connectivity index (χ1n) is 11.6. The van der Waals surface area contributed by atoms with E-state index < -0.39 is 70.3 Å². The standard InChI is InChI=1S/C21H25NO8S/c1-27-15-10-19(29-3)16(20(11-15)30-4)7-8-31(25,26)13-14-5-6-18(28-2)17(9-14)22-12-21(23)24/h5-11,22H,12-13H2,1-4H3,(H,23,24)/b8-7+/i2D3,5D,6D,9D. The maximum absolute atomic E-state index is 12.9. The van der Waals surface area contributed by atoms with Crippen molar-refractivity contribution in [2.75, 3.05) is 40.2 Å². The van der Waals surface area contributed by atoms with E-state index in [1.165, 1.54) is 39.5 Å². The zero-order chi connectivity index (χ0) is 28.1. The van der Waals surface area contributed by atoms with Crippen molar-refractivity contribution in [3.63, 3.8) is 0 Å².